The number of nitrogens with one attached hydrogen (secondary N) is 1. The van der Waals surface area contributed by atoms with Gasteiger partial charge in [-0.15, -0.1) is 0 Å². The summed E-state index contributed by atoms with van der Waals surface area (Å²) in [7, 11) is 0. The molecular weight excluding hydrogens is 229 g/mol. The monoisotopic (exact) mass is 237 g/mol. The molecule has 6 heteroatoms. The lowest BCUT2D eigenvalue weighted by Crippen LogP contribution is -2.05. The second kappa shape index (κ2) is 4.36. The zero-order valence-electron chi connectivity index (χ0n) is 8.11. The lowest BCUT2D eigenvalue weighted by Gasteiger charge is -2.04. The predicted octanol–water partition coefficient (Wildman–Crippen LogP) is 1.64. The summed E-state index contributed by atoms with van der Waals surface area (Å²) < 4.78 is 13.1. The van der Waals surface area contributed by atoms with Gasteiger partial charge < -0.3 is 10.7 Å². The summed E-state index contributed by atoms with van der Waals surface area (Å²) in [6.07, 6.45) is 1.39. The fraction of sp³-hybridized carbons (Fsp3) is 0. The number of benzene rings is 1. The van der Waals surface area contributed by atoms with Crippen LogP contribution in [-0.4, -0.2) is 9.97 Å². The molecule has 0 bridgehead atoms. The molecule has 1 aromatic heterocycles. The molecule has 4 nitrogen and oxygen atoms in total. The number of para-hydroxylation sites is 1. The lowest BCUT2D eigenvalue weighted by molar-refractivity contribution is 0.629. The molecule has 0 aliphatic rings. The zero-order chi connectivity index (χ0) is 11.5. The van der Waals surface area contributed by atoms with E-state index in [4.69, 9.17) is 5.73 Å². The van der Waals surface area contributed by atoms with Crippen LogP contribution in [0.25, 0.3) is 0 Å². The second-order valence-electron chi connectivity index (χ2n) is 2.99. The summed E-state index contributed by atoms with van der Waals surface area (Å²) >= 11 is 1.11. The van der Waals surface area contributed by atoms with Crippen LogP contribution < -0.4 is 11.3 Å². The van der Waals surface area contributed by atoms with Crippen molar-refractivity contribution in [3.63, 3.8) is 0 Å². The first-order valence-corrected chi connectivity index (χ1v) is 5.25. The molecule has 0 saturated carbocycles. The van der Waals surface area contributed by atoms with Gasteiger partial charge in [0.05, 0.1) is 5.69 Å². The predicted molar refractivity (Wildman–Crippen MR) is 59.8 cm³/mol. The smallest absolute Gasteiger partial charge is 0.251 e. The SMILES string of the molecule is Nc1c(F)cccc1Sc1nccc(=O)[nH]1. The number of nitrogen functional groups attached to an aromatic ring is 1. The molecule has 0 unspecified atom stereocenters. The van der Waals surface area contributed by atoms with Crippen LogP contribution in [0.1, 0.15) is 0 Å². The van der Waals surface area contributed by atoms with Crippen LogP contribution in [0.5, 0.6) is 0 Å². The molecule has 2 aromatic rings. The number of halogens is 1. The van der Waals surface area contributed by atoms with E-state index in [1.54, 1.807) is 12.1 Å². The summed E-state index contributed by atoms with van der Waals surface area (Å²) in [6.45, 7) is 0. The first kappa shape index (κ1) is 10.7. The highest BCUT2D eigenvalue weighted by molar-refractivity contribution is 7.99. The van der Waals surface area contributed by atoms with Crippen LogP contribution in [0.2, 0.25) is 0 Å². The first-order valence-electron chi connectivity index (χ1n) is 4.44. The highest BCUT2D eigenvalue weighted by Gasteiger charge is 2.07. The molecule has 0 saturated heterocycles. The average Bonchev–Trinajstić information content (AvgIpc) is 2.25. The van der Waals surface area contributed by atoms with Crippen molar-refractivity contribution in [2.45, 2.75) is 10.1 Å². The minimum Gasteiger partial charge on any atom is -0.395 e. The van der Waals surface area contributed by atoms with Crippen molar-refractivity contribution in [2.75, 3.05) is 5.73 Å². The van der Waals surface area contributed by atoms with Gasteiger partial charge in [-0.3, -0.25) is 4.79 Å². The highest BCUT2D eigenvalue weighted by atomic mass is 32.2. The van der Waals surface area contributed by atoms with E-state index < -0.39 is 5.82 Å². The average molecular weight is 237 g/mol. The van der Waals surface area contributed by atoms with Gasteiger partial charge in [0.25, 0.3) is 5.56 Å². The first-order chi connectivity index (χ1) is 7.66. The molecule has 0 aliphatic heterocycles. The van der Waals surface area contributed by atoms with Gasteiger partial charge in [-0.2, -0.15) is 0 Å². The molecule has 1 heterocycles. The summed E-state index contributed by atoms with van der Waals surface area (Å²) in [6, 6.07) is 5.80. The molecule has 16 heavy (non-hydrogen) atoms. The number of anilines is 1. The van der Waals surface area contributed by atoms with Gasteiger partial charge in [0.1, 0.15) is 5.82 Å². The minimum absolute atomic E-state index is 0.0546. The van der Waals surface area contributed by atoms with E-state index in [1.165, 1.54) is 18.3 Å². The van der Waals surface area contributed by atoms with Crippen LogP contribution in [0.15, 0.2) is 45.3 Å². The van der Waals surface area contributed by atoms with Crippen LogP contribution in [0, 0.1) is 5.82 Å². The van der Waals surface area contributed by atoms with E-state index in [0.717, 1.165) is 11.8 Å². The molecular formula is C10H8FN3OS. The quantitative estimate of drug-likeness (QED) is 0.615. The summed E-state index contributed by atoms with van der Waals surface area (Å²) in [5.41, 5.74) is 5.35. The topological polar surface area (TPSA) is 71.8 Å². The van der Waals surface area contributed by atoms with E-state index in [-0.39, 0.29) is 11.2 Å². The molecule has 0 amide bonds. The number of hydrogen-bond donors (Lipinski definition) is 2. The highest BCUT2D eigenvalue weighted by Crippen LogP contribution is 2.30. The second-order valence-corrected chi connectivity index (χ2v) is 4.02. The summed E-state index contributed by atoms with van der Waals surface area (Å²) in [5.74, 6) is -0.483. The van der Waals surface area contributed by atoms with Gasteiger partial charge in [0, 0.05) is 17.2 Å². The van der Waals surface area contributed by atoms with E-state index in [0.29, 0.717) is 10.1 Å². The van der Waals surface area contributed by atoms with Crippen molar-refractivity contribution < 1.29 is 4.39 Å². The standard InChI is InChI=1S/C10H8FN3OS/c11-6-2-1-3-7(9(6)12)16-10-13-5-4-8(15)14-10/h1-5H,12H2,(H,13,14,15). The Morgan fingerprint density at radius 1 is 1.38 bits per heavy atom. The fourth-order valence-corrected chi connectivity index (χ4v) is 1.94. The summed E-state index contributed by atoms with van der Waals surface area (Å²) in [4.78, 5) is 18.0. The number of nitrogens with two attached hydrogens (primary N) is 1. The van der Waals surface area contributed by atoms with Crippen LogP contribution >= 0.6 is 11.8 Å². The Morgan fingerprint density at radius 2 is 2.19 bits per heavy atom. The van der Waals surface area contributed by atoms with Crippen molar-refractivity contribution >= 4 is 17.4 Å². The van der Waals surface area contributed by atoms with Crippen molar-refractivity contribution in [3.8, 4) is 0 Å². The minimum atomic E-state index is -0.483. The molecule has 0 aliphatic carbocycles. The van der Waals surface area contributed by atoms with E-state index in [9.17, 15) is 9.18 Å². The van der Waals surface area contributed by atoms with Crippen molar-refractivity contribution in [3.05, 3.63) is 46.6 Å². The Bertz CT molecular complexity index is 570. The van der Waals surface area contributed by atoms with Crippen LogP contribution in [0.3, 0.4) is 0 Å². The third kappa shape index (κ3) is 2.22. The Morgan fingerprint density at radius 3 is 2.94 bits per heavy atom. The number of nitrogens with zero attached hydrogens (tertiary/aromatic N) is 1. The Hall–Kier alpha value is -1.82. The van der Waals surface area contributed by atoms with E-state index >= 15 is 0 Å². The molecule has 0 atom stereocenters. The summed E-state index contributed by atoms with van der Waals surface area (Å²) in [5, 5.41) is 0.379. The van der Waals surface area contributed by atoms with E-state index in [2.05, 4.69) is 9.97 Å². The van der Waals surface area contributed by atoms with Crippen molar-refractivity contribution in [1.29, 1.82) is 0 Å². The van der Waals surface area contributed by atoms with Gasteiger partial charge in [-0.25, -0.2) is 9.37 Å². The normalized spacial score (nSPS) is 10.3. The zero-order valence-corrected chi connectivity index (χ0v) is 8.92. The van der Waals surface area contributed by atoms with Gasteiger partial charge >= 0.3 is 0 Å². The van der Waals surface area contributed by atoms with Crippen molar-refractivity contribution in [1.82, 2.24) is 9.97 Å². The Labute approximate surface area is 94.7 Å². The Kier molecular flexibility index (Phi) is 2.91. The van der Waals surface area contributed by atoms with Gasteiger partial charge in [0.2, 0.25) is 0 Å². The number of hydrogen-bond acceptors (Lipinski definition) is 4. The molecule has 1 aromatic carbocycles. The number of H-pyrrole nitrogens is 1. The maximum absolute atomic E-state index is 13.1. The number of rotatable bonds is 2. The fourth-order valence-electron chi connectivity index (χ4n) is 1.11. The third-order valence-corrected chi connectivity index (χ3v) is 2.84. The molecule has 82 valence electrons. The maximum atomic E-state index is 13.1. The number of aromatic nitrogens is 2. The van der Waals surface area contributed by atoms with E-state index in [1.807, 2.05) is 0 Å². The van der Waals surface area contributed by atoms with Crippen molar-refractivity contribution in [2.24, 2.45) is 0 Å². The van der Waals surface area contributed by atoms with Crippen LogP contribution in [-0.2, 0) is 0 Å². The molecule has 2 rings (SSSR count). The van der Waals surface area contributed by atoms with Gasteiger partial charge in [-0.1, -0.05) is 6.07 Å². The van der Waals surface area contributed by atoms with Gasteiger partial charge in [-0.05, 0) is 23.9 Å². The number of aromatic amines is 1. The van der Waals surface area contributed by atoms with Gasteiger partial charge in [0.15, 0.2) is 5.16 Å². The molecule has 3 N–H and O–H groups in total. The van der Waals surface area contributed by atoms with Crippen LogP contribution in [0.4, 0.5) is 10.1 Å². The largest absolute Gasteiger partial charge is 0.395 e. The maximum Gasteiger partial charge on any atom is 0.251 e. The third-order valence-electron chi connectivity index (χ3n) is 1.87. The Balaban J connectivity index is 2.34. The molecule has 0 radical (unpaired) electrons. The molecule has 0 fully saturated rings. The molecule has 0 spiro atoms. The lowest BCUT2D eigenvalue weighted by atomic mass is 10.3.